The van der Waals surface area contributed by atoms with E-state index in [-0.39, 0.29) is 0 Å². The second-order valence-electron chi connectivity index (χ2n) is 5.20. The van der Waals surface area contributed by atoms with E-state index in [0.29, 0.717) is 30.6 Å². The Morgan fingerprint density at radius 3 is 2.65 bits per heavy atom. The molecule has 0 amide bonds. The molecule has 1 aromatic carbocycles. The van der Waals surface area contributed by atoms with Crippen LogP contribution in [0.4, 0.5) is 0 Å². The Balaban J connectivity index is 2.16. The van der Waals surface area contributed by atoms with Gasteiger partial charge in [0.05, 0.1) is 4.90 Å². The first-order valence-electron chi connectivity index (χ1n) is 6.90. The second-order valence-corrected chi connectivity index (χ2v) is 8.36. The smallest absolute Gasteiger partial charge is 0.243 e. The van der Waals surface area contributed by atoms with Crippen LogP contribution in [0.5, 0.6) is 0 Å². The van der Waals surface area contributed by atoms with Crippen LogP contribution in [0, 0.1) is 0 Å². The monoisotopic (exact) mass is 314 g/mol. The van der Waals surface area contributed by atoms with Crippen molar-refractivity contribution in [3.8, 4) is 0 Å². The van der Waals surface area contributed by atoms with Crippen molar-refractivity contribution in [2.45, 2.75) is 31.3 Å². The predicted molar refractivity (Wildman–Crippen MR) is 84.5 cm³/mol. The minimum atomic E-state index is -3.33. The Hall–Kier alpha value is -0.560. The SMILES string of the molecule is CC(C)NCc1cccc(S(=O)(=O)N2CCSCC2)c1. The Labute approximate surface area is 126 Å². The molecule has 1 heterocycles. The molecule has 20 heavy (non-hydrogen) atoms. The van der Waals surface area contributed by atoms with Crippen LogP contribution in [-0.4, -0.2) is 43.4 Å². The maximum Gasteiger partial charge on any atom is 0.243 e. The maximum atomic E-state index is 12.6. The normalized spacial score (nSPS) is 17.6. The Morgan fingerprint density at radius 2 is 2.00 bits per heavy atom. The predicted octanol–water partition coefficient (Wildman–Crippen LogP) is 1.92. The van der Waals surface area contributed by atoms with E-state index in [9.17, 15) is 8.42 Å². The molecule has 0 aliphatic carbocycles. The molecule has 6 heteroatoms. The zero-order valence-electron chi connectivity index (χ0n) is 12.0. The van der Waals surface area contributed by atoms with Crippen molar-refractivity contribution in [2.75, 3.05) is 24.6 Å². The molecule has 112 valence electrons. The molecule has 0 atom stereocenters. The van der Waals surface area contributed by atoms with Gasteiger partial charge in [-0.3, -0.25) is 0 Å². The van der Waals surface area contributed by atoms with Gasteiger partial charge in [-0.15, -0.1) is 0 Å². The van der Waals surface area contributed by atoms with E-state index >= 15 is 0 Å². The lowest BCUT2D eigenvalue weighted by atomic mass is 10.2. The van der Waals surface area contributed by atoms with Crippen molar-refractivity contribution >= 4 is 21.8 Å². The summed E-state index contributed by atoms with van der Waals surface area (Å²) < 4.78 is 26.7. The van der Waals surface area contributed by atoms with Gasteiger partial charge in [-0.1, -0.05) is 26.0 Å². The van der Waals surface area contributed by atoms with Crippen LogP contribution < -0.4 is 5.32 Å². The molecular weight excluding hydrogens is 292 g/mol. The molecule has 1 saturated heterocycles. The van der Waals surface area contributed by atoms with Gasteiger partial charge < -0.3 is 5.32 Å². The molecule has 0 spiro atoms. The zero-order valence-corrected chi connectivity index (χ0v) is 13.6. The van der Waals surface area contributed by atoms with Crippen molar-refractivity contribution in [1.29, 1.82) is 0 Å². The Bertz CT molecular complexity index is 538. The van der Waals surface area contributed by atoms with E-state index in [1.54, 1.807) is 16.4 Å². The lowest BCUT2D eigenvalue weighted by Gasteiger charge is -2.25. The largest absolute Gasteiger partial charge is 0.310 e. The summed E-state index contributed by atoms with van der Waals surface area (Å²) in [6.07, 6.45) is 0. The number of sulfonamides is 1. The van der Waals surface area contributed by atoms with Crippen LogP contribution in [0.15, 0.2) is 29.2 Å². The highest BCUT2D eigenvalue weighted by molar-refractivity contribution is 7.99. The minimum absolute atomic E-state index is 0.384. The molecule has 1 aliphatic heterocycles. The highest BCUT2D eigenvalue weighted by Crippen LogP contribution is 2.21. The number of nitrogens with zero attached hydrogens (tertiary/aromatic N) is 1. The summed E-state index contributed by atoms with van der Waals surface area (Å²) in [5.74, 6) is 1.77. The van der Waals surface area contributed by atoms with Gasteiger partial charge in [0.1, 0.15) is 0 Å². The minimum Gasteiger partial charge on any atom is -0.310 e. The van der Waals surface area contributed by atoms with Gasteiger partial charge in [0, 0.05) is 37.2 Å². The molecule has 1 N–H and O–H groups in total. The number of hydrogen-bond donors (Lipinski definition) is 1. The van der Waals surface area contributed by atoms with E-state index in [4.69, 9.17) is 0 Å². The van der Waals surface area contributed by atoms with Gasteiger partial charge in [0.15, 0.2) is 0 Å². The van der Waals surface area contributed by atoms with Crippen LogP contribution >= 0.6 is 11.8 Å². The standard InChI is InChI=1S/C14H22N2O2S2/c1-12(2)15-11-13-4-3-5-14(10-13)20(17,18)16-6-8-19-9-7-16/h3-5,10,12,15H,6-9,11H2,1-2H3. The molecule has 2 rings (SSSR count). The average molecular weight is 314 g/mol. The molecule has 1 aromatic rings. The fraction of sp³-hybridized carbons (Fsp3) is 0.571. The maximum absolute atomic E-state index is 12.6. The van der Waals surface area contributed by atoms with Gasteiger partial charge in [-0.05, 0) is 17.7 Å². The van der Waals surface area contributed by atoms with Crippen molar-refractivity contribution < 1.29 is 8.42 Å². The van der Waals surface area contributed by atoms with Crippen molar-refractivity contribution in [3.63, 3.8) is 0 Å². The third-order valence-corrected chi connectivity index (χ3v) is 6.06. The van der Waals surface area contributed by atoms with E-state index in [0.717, 1.165) is 17.1 Å². The fourth-order valence-electron chi connectivity index (χ4n) is 2.07. The quantitative estimate of drug-likeness (QED) is 0.902. The van der Waals surface area contributed by atoms with Crippen molar-refractivity contribution in [1.82, 2.24) is 9.62 Å². The van der Waals surface area contributed by atoms with Crippen LogP contribution in [-0.2, 0) is 16.6 Å². The molecule has 4 nitrogen and oxygen atoms in total. The van der Waals surface area contributed by atoms with Crippen LogP contribution in [0.1, 0.15) is 19.4 Å². The van der Waals surface area contributed by atoms with Crippen LogP contribution in [0.2, 0.25) is 0 Å². The number of rotatable bonds is 5. The van der Waals surface area contributed by atoms with E-state index in [2.05, 4.69) is 19.2 Å². The third kappa shape index (κ3) is 3.97. The van der Waals surface area contributed by atoms with Gasteiger partial charge in [-0.2, -0.15) is 16.1 Å². The van der Waals surface area contributed by atoms with Crippen molar-refractivity contribution in [2.24, 2.45) is 0 Å². The molecule has 0 radical (unpaired) electrons. The fourth-order valence-corrected chi connectivity index (χ4v) is 4.72. The number of nitrogens with one attached hydrogen (secondary N) is 1. The molecule has 0 saturated carbocycles. The summed E-state index contributed by atoms with van der Waals surface area (Å²) in [5.41, 5.74) is 1.01. The first kappa shape index (κ1) is 15.8. The van der Waals surface area contributed by atoms with Gasteiger partial charge in [-0.25, -0.2) is 8.42 Å². The lowest BCUT2D eigenvalue weighted by Crippen LogP contribution is -2.37. The first-order chi connectivity index (χ1) is 9.50. The molecule has 1 fully saturated rings. The van der Waals surface area contributed by atoms with Crippen LogP contribution in [0.25, 0.3) is 0 Å². The molecule has 0 bridgehead atoms. The Morgan fingerprint density at radius 1 is 1.30 bits per heavy atom. The first-order valence-corrected chi connectivity index (χ1v) is 9.50. The topological polar surface area (TPSA) is 49.4 Å². The molecule has 0 unspecified atom stereocenters. The number of thioether (sulfide) groups is 1. The summed E-state index contributed by atoms with van der Waals surface area (Å²) in [6, 6.07) is 7.64. The summed E-state index contributed by atoms with van der Waals surface area (Å²) >= 11 is 1.81. The summed E-state index contributed by atoms with van der Waals surface area (Å²) in [7, 11) is -3.33. The lowest BCUT2D eigenvalue weighted by molar-refractivity contribution is 0.443. The highest BCUT2D eigenvalue weighted by Gasteiger charge is 2.26. The summed E-state index contributed by atoms with van der Waals surface area (Å²) in [6.45, 7) is 6.07. The van der Waals surface area contributed by atoms with Gasteiger partial charge in [0.25, 0.3) is 0 Å². The second kappa shape index (κ2) is 6.93. The third-order valence-electron chi connectivity index (χ3n) is 3.22. The molecule has 1 aliphatic rings. The summed E-state index contributed by atoms with van der Waals surface area (Å²) in [4.78, 5) is 0.410. The Kier molecular flexibility index (Phi) is 5.49. The van der Waals surface area contributed by atoms with Crippen LogP contribution in [0.3, 0.4) is 0 Å². The van der Waals surface area contributed by atoms with Gasteiger partial charge >= 0.3 is 0 Å². The van der Waals surface area contributed by atoms with E-state index < -0.39 is 10.0 Å². The molecule has 0 aromatic heterocycles. The highest BCUT2D eigenvalue weighted by atomic mass is 32.2. The number of hydrogen-bond acceptors (Lipinski definition) is 4. The van der Waals surface area contributed by atoms with Crippen molar-refractivity contribution in [3.05, 3.63) is 29.8 Å². The zero-order chi connectivity index (χ0) is 14.6. The number of benzene rings is 1. The summed E-state index contributed by atoms with van der Waals surface area (Å²) in [5, 5.41) is 3.31. The van der Waals surface area contributed by atoms with E-state index in [1.165, 1.54) is 0 Å². The van der Waals surface area contributed by atoms with E-state index in [1.807, 2.05) is 23.9 Å². The average Bonchev–Trinajstić information content (AvgIpc) is 2.46. The van der Waals surface area contributed by atoms with Gasteiger partial charge in [0.2, 0.25) is 10.0 Å². The molecular formula is C14H22N2O2S2.